The first-order valence-electron chi connectivity index (χ1n) is 8.54. The monoisotopic (exact) mass is 345 g/mol. The lowest BCUT2D eigenvalue weighted by atomic mass is 9.98. The van der Waals surface area contributed by atoms with E-state index in [-0.39, 0.29) is 0 Å². The SMILES string of the molecule is OC(CN1CCCC(COc2ccccc2)C1)c1ccc(Cl)cc1. The molecular formula is C20H24ClNO2. The van der Waals surface area contributed by atoms with E-state index in [0.717, 1.165) is 37.4 Å². The number of ether oxygens (including phenoxy) is 1. The smallest absolute Gasteiger partial charge is 0.119 e. The highest BCUT2D eigenvalue weighted by atomic mass is 35.5. The van der Waals surface area contributed by atoms with Gasteiger partial charge in [0, 0.05) is 24.0 Å². The van der Waals surface area contributed by atoms with E-state index in [4.69, 9.17) is 16.3 Å². The molecule has 0 radical (unpaired) electrons. The molecular weight excluding hydrogens is 322 g/mol. The van der Waals surface area contributed by atoms with Crippen LogP contribution in [-0.2, 0) is 0 Å². The molecule has 3 nitrogen and oxygen atoms in total. The number of para-hydroxylation sites is 1. The first-order chi connectivity index (χ1) is 11.7. The summed E-state index contributed by atoms with van der Waals surface area (Å²) in [4.78, 5) is 2.34. The molecule has 1 heterocycles. The van der Waals surface area contributed by atoms with Gasteiger partial charge >= 0.3 is 0 Å². The van der Waals surface area contributed by atoms with E-state index in [0.29, 0.717) is 17.5 Å². The largest absolute Gasteiger partial charge is 0.493 e. The minimum Gasteiger partial charge on any atom is -0.493 e. The Morgan fingerprint density at radius 1 is 1.12 bits per heavy atom. The third-order valence-electron chi connectivity index (χ3n) is 4.52. The third-order valence-corrected chi connectivity index (χ3v) is 4.77. The molecule has 4 heteroatoms. The van der Waals surface area contributed by atoms with Gasteiger partial charge in [-0.2, -0.15) is 0 Å². The number of benzene rings is 2. The molecule has 3 rings (SSSR count). The summed E-state index contributed by atoms with van der Waals surface area (Å²) in [5.41, 5.74) is 0.919. The molecule has 2 atom stereocenters. The predicted molar refractivity (Wildman–Crippen MR) is 97.5 cm³/mol. The zero-order chi connectivity index (χ0) is 16.8. The van der Waals surface area contributed by atoms with Gasteiger partial charge in [0.2, 0.25) is 0 Å². The average Bonchev–Trinajstić information content (AvgIpc) is 2.62. The van der Waals surface area contributed by atoms with Gasteiger partial charge in [0.1, 0.15) is 5.75 Å². The number of hydrogen-bond acceptors (Lipinski definition) is 3. The van der Waals surface area contributed by atoms with Crippen molar-refractivity contribution >= 4 is 11.6 Å². The fourth-order valence-electron chi connectivity index (χ4n) is 3.22. The number of piperidine rings is 1. The number of likely N-dealkylation sites (tertiary alicyclic amines) is 1. The van der Waals surface area contributed by atoms with E-state index in [9.17, 15) is 5.11 Å². The van der Waals surface area contributed by atoms with E-state index >= 15 is 0 Å². The zero-order valence-corrected chi connectivity index (χ0v) is 14.5. The molecule has 0 bridgehead atoms. The summed E-state index contributed by atoms with van der Waals surface area (Å²) < 4.78 is 5.89. The summed E-state index contributed by atoms with van der Waals surface area (Å²) in [7, 11) is 0. The number of nitrogens with zero attached hydrogens (tertiary/aromatic N) is 1. The van der Waals surface area contributed by atoms with Crippen molar-refractivity contribution in [2.24, 2.45) is 5.92 Å². The molecule has 1 aliphatic rings. The van der Waals surface area contributed by atoms with Gasteiger partial charge in [-0.05, 0) is 49.2 Å². The van der Waals surface area contributed by atoms with Crippen LogP contribution in [0.4, 0.5) is 0 Å². The summed E-state index contributed by atoms with van der Waals surface area (Å²) in [6.45, 7) is 3.39. The van der Waals surface area contributed by atoms with E-state index in [1.54, 1.807) is 0 Å². The molecule has 2 aromatic carbocycles. The van der Waals surface area contributed by atoms with Crippen molar-refractivity contribution < 1.29 is 9.84 Å². The van der Waals surface area contributed by atoms with Crippen LogP contribution in [0.2, 0.25) is 5.02 Å². The van der Waals surface area contributed by atoms with Crippen LogP contribution in [0.3, 0.4) is 0 Å². The van der Waals surface area contributed by atoms with Crippen molar-refractivity contribution in [3.8, 4) is 5.75 Å². The number of aliphatic hydroxyl groups is 1. The normalized spacial score (nSPS) is 19.8. The summed E-state index contributed by atoms with van der Waals surface area (Å²) in [6.07, 6.45) is 1.85. The molecule has 0 aliphatic carbocycles. The van der Waals surface area contributed by atoms with Crippen molar-refractivity contribution in [2.75, 3.05) is 26.2 Å². The van der Waals surface area contributed by atoms with Gasteiger partial charge in [-0.1, -0.05) is 41.9 Å². The van der Waals surface area contributed by atoms with Gasteiger partial charge in [-0.3, -0.25) is 0 Å². The quantitative estimate of drug-likeness (QED) is 0.853. The van der Waals surface area contributed by atoms with Gasteiger partial charge in [-0.15, -0.1) is 0 Å². The second kappa shape index (κ2) is 8.52. The molecule has 0 saturated carbocycles. The van der Waals surface area contributed by atoms with E-state index in [2.05, 4.69) is 4.90 Å². The Morgan fingerprint density at radius 3 is 2.62 bits per heavy atom. The average molecular weight is 346 g/mol. The molecule has 1 aliphatic heterocycles. The van der Waals surface area contributed by atoms with Crippen LogP contribution in [0.25, 0.3) is 0 Å². The highest BCUT2D eigenvalue weighted by molar-refractivity contribution is 6.30. The van der Waals surface area contributed by atoms with Crippen molar-refractivity contribution in [1.29, 1.82) is 0 Å². The second-order valence-electron chi connectivity index (χ2n) is 6.46. The van der Waals surface area contributed by atoms with Crippen LogP contribution in [-0.4, -0.2) is 36.2 Å². The topological polar surface area (TPSA) is 32.7 Å². The van der Waals surface area contributed by atoms with Crippen LogP contribution < -0.4 is 4.74 Å². The number of aliphatic hydroxyl groups excluding tert-OH is 1. The summed E-state index contributed by atoms with van der Waals surface area (Å²) in [5.74, 6) is 1.44. The fraction of sp³-hybridized carbons (Fsp3) is 0.400. The Kier molecular flexibility index (Phi) is 6.13. The standard InChI is InChI=1S/C20H24ClNO2/c21-18-10-8-17(9-11-18)20(23)14-22-12-4-5-16(13-22)15-24-19-6-2-1-3-7-19/h1-3,6-11,16,20,23H,4-5,12-15H2. The predicted octanol–water partition coefficient (Wildman–Crippen LogP) is 4.16. The summed E-state index contributed by atoms with van der Waals surface area (Å²) in [6, 6.07) is 17.4. The number of rotatable bonds is 6. The number of β-amino-alcohol motifs (C(OH)–C–C–N with tert-alkyl or cyclic N) is 1. The first kappa shape index (κ1) is 17.3. The lowest BCUT2D eigenvalue weighted by molar-refractivity contribution is 0.0714. The minimum absolute atomic E-state index is 0.476. The van der Waals surface area contributed by atoms with E-state index < -0.39 is 6.10 Å². The molecule has 0 amide bonds. The first-order valence-corrected chi connectivity index (χ1v) is 8.92. The highest BCUT2D eigenvalue weighted by Crippen LogP contribution is 2.22. The fourth-order valence-corrected chi connectivity index (χ4v) is 3.34. The Balaban J connectivity index is 1.49. The van der Waals surface area contributed by atoms with Crippen molar-refractivity contribution in [1.82, 2.24) is 4.90 Å². The van der Waals surface area contributed by atoms with Gasteiger partial charge < -0.3 is 14.7 Å². The maximum absolute atomic E-state index is 10.4. The minimum atomic E-state index is -0.476. The molecule has 0 aromatic heterocycles. The maximum Gasteiger partial charge on any atom is 0.119 e. The van der Waals surface area contributed by atoms with Gasteiger partial charge in [0.05, 0.1) is 12.7 Å². The van der Waals surface area contributed by atoms with Crippen molar-refractivity contribution in [2.45, 2.75) is 18.9 Å². The number of hydrogen-bond donors (Lipinski definition) is 1. The van der Waals surface area contributed by atoms with Crippen LogP contribution in [0, 0.1) is 5.92 Å². The molecule has 128 valence electrons. The highest BCUT2D eigenvalue weighted by Gasteiger charge is 2.22. The molecule has 2 aromatic rings. The Hall–Kier alpha value is -1.55. The Labute approximate surface area is 148 Å². The zero-order valence-electron chi connectivity index (χ0n) is 13.8. The van der Waals surface area contributed by atoms with Crippen LogP contribution in [0.1, 0.15) is 24.5 Å². The third kappa shape index (κ3) is 4.97. The Morgan fingerprint density at radius 2 is 1.88 bits per heavy atom. The van der Waals surface area contributed by atoms with E-state index in [1.165, 1.54) is 6.42 Å². The van der Waals surface area contributed by atoms with Crippen molar-refractivity contribution in [3.63, 3.8) is 0 Å². The van der Waals surface area contributed by atoms with Crippen LogP contribution in [0.5, 0.6) is 5.75 Å². The molecule has 24 heavy (non-hydrogen) atoms. The van der Waals surface area contributed by atoms with Gasteiger partial charge in [0.25, 0.3) is 0 Å². The van der Waals surface area contributed by atoms with Crippen LogP contribution >= 0.6 is 11.6 Å². The van der Waals surface area contributed by atoms with Gasteiger partial charge in [-0.25, -0.2) is 0 Å². The molecule has 2 unspecified atom stereocenters. The lowest BCUT2D eigenvalue weighted by Gasteiger charge is -2.33. The van der Waals surface area contributed by atoms with Crippen LogP contribution in [0.15, 0.2) is 54.6 Å². The summed E-state index contributed by atoms with van der Waals surface area (Å²) in [5, 5.41) is 11.1. The number of halogens is 1. The van der Waals surface area contributed by atoms with E-state index in [1.807, 2.05) is 54.6 Å². The Bertz CT molecular complexity index is 617. The molecule has 0 spiro atoms. The second-order valence-corrected chi connectivity index (χ2v) is 6.90. The molecule has 1 fully saturated rings. The molecule has 1 N–H and O–H groups in total. The lowest BCUT2D eigenvalue weighted by Crippen LogP contribution is -2.39. The molecule has 1 saturated heterocycles. The van der Waals surface area contributed by atoms with Crippen molar-refractivity contribution in [3.05, 3.63) is 65.2 Å². The summed E-state index contributed by atoms with van der Waals surface area (Å²) >= 11 is 5.91. The maximum atomic E-state index is 10.4. The van der Waals surface area contributed by atoms with Gasteiger partial charge in [0.15, 0.2) is 0 Å².